The molecule has 4 aromatic rings. The van der Waals surface area contributed by atoms with Crippen LogP contribution in [0.4, 0.5) is 0 Å². The van der Waals surface area contributed by atoms with Crippen molar-refractivity contribution in [2.24, 2.45) is 0 Å². The van der Waals surface area contributed by atoms with Crippen LogP contribution in [0.3, 0.4) is 0 Å². The largest absolute Gasteiger partial charge is 0.477 e. The summed E-state index contributed by atoms with van der Waals surface area (Å²) in [7, 11) is 0. The Labute approximate surface area is 136 Å². The molecule has 1 N–H and O–H groups in total. The average Bonchev–Trinajstić information content (AvgIpc) is 3.14. The Bertz CT molecular complexity index is 988. The maximum absolute atomic E-state index is 11.2. The predicted octanol–water partition coefficient (Wildman–Crippen LogP) is 4.43. The van der Waals surface area contributed by atoms with Gasteiger partial charge in [-0.1, -0.05) is 72.0 Å². The second-order valence-corrected chi connectivity index (χ2v) is 6.10. The lowest BCUT2D eigenvalue weighted by molar-refractivity contribution is 0.0702. The van der Waals surface area contributed by atoms with E-state index in [1.54, 1.807) is 6.20 Å². The first-order valence-electron chi connectivity index (χ1n) is 7.10. The molecule has 0 aliphatic rings. The molecule has 0 bridgehead atoms. The van der Waals surface area contributed by atoms with Gasteiger partial charge in [0.05, 0.1) is 11.4 Å². The lowest BCUT2D eigenvalue weighted by atomic mass is 10.1. The van der Waals surface area contributed by atoms with Gasteiger partial charge in [0.2, 0.25) is 0 Å². The monoisotopic (exact) mass is 320 g/mol. The molecule has 0 unspecified atom stereocenters. The summed E-state index contributed by atoms with van der Waals surface area (Å²) in [5, 5.41) is 9.22. The minimum absolute atomic E-state index is 0.282. The van der Waals surface area contributed by atoms with E-state index >= 15 is 0 Å². The molecular formula is C18H12N2O2S. The summed E-state index contributed by atoms with van der Waals surface area (Å²) >= 11 is 1.18. The fraction of sp³-hybridized carbons (Fsp3) is 0. The Morgan fingerprint density at radius 2 is 1.57 bits per heavy atom. The first-order valence-corrected chi connectivity index (χ1v) is 7.92. The number of carboxylic acid groups (broad SMARTS) is 1. The van der Waals surface area contributed by atoms with E-state index in [0.29, 0.717) is 4.96 Å². The molecule has 0 aliphatic heterocycles. The molecule has 23 heavy (non-hydrogen) atoms. The zero-order valence-electron chi connectivity index (χ0n) is 12.0. The van der Waals surface area contributed by atoms with Crippen LogP contribution in [-0.4, -0.2) is 20.5 Å². The van der Waals surface area contributed by atoms with Gasteiger partial charge in [0.25, 0.3) is 0 Å². The summed E-state index contributed by atoms with van der Waals surface area (Å²) in [6.07, 6.45) is 1.64. The lowest BCUT2D eigenvalue weighted by Gasteiger charge is -2.04. The number of nitrogens with zero attached hydrogens (tertiary/aromatic N) is 2. The van der Waals surface area contributed by atoms with E-state index in [0.717, 1.165) is 22.5 Å². The number of benzene rings is 2. The number of aromatic nitrogens is 2. The van der Waals surface area contributed by atoms with Crippen molar-refractivity contribution in [3.63, 3.8) is 0 Å². The van der Waals surface area contributed by atoms with E-state index in [-0.39, 0.29) is 4.88 Å². The molecule has 0 radical (unpaired) electrons. The molecule has 0 spiro atoms. The van der Waals surface area contributed by atoms with E-state index in [1.165, 1.54) is 11.3 Å². The van der Waals surface area contributed by atoms with Crippen LogP contribution in [0.15, 0.2) is 66.9 Å². The number of hydrogen-bond donors (Lipinski definition) is 1. The van der Waals surface area contributed by atoms with Crippen molar-refractivity contribution >= 4 is 22.3 Å². The topological polar surface area (TPSA) is 54.6 Å². The minimum atomic E-state index is -0.930. The number of imidazole rings is 1. The van der Waals surface area contributed by atoms with Gasteiger partial charge in [-0.3, -0.25) is 4.40 Å². The third-order valence-corrected chi connectivity index (χ3v) is 4.60. The summed E-state index contributed by atoms with van der Waals surface area (Å²) in [4.78, 5) is 16.9. The molecule has 2 aromatic heterocycles. The van der Waals surface area contributed by atoms with E-state index in [2.05, 4.69) is 4.98 Å². The molecule has 0 atom stereocenters. The molecule has 0 amide bonds. The van der Waals surface area contributed by atoms with Crippen molar-refractivity contribution < 1.29 is 9.90 Å². The molecule has 4 nitrogen and oxygen atoms in total. The zero-order chi connectivity index (χ0) is 15.8. The van der Waals surface area contributed by atoms with Gasteiger partial charge in [-0.05, 0) is 0 Å². The average molecular weight is 320 g/mol. The Hall–Kier alpha value is -2.92. The molecule has 0 saturated heterocycles. The fourth-order valence-corrected chi connectivity index (χ4v) is 3.44. The molecule has 112 valence electrons. The van der Waals surface area contributed by atoms with Crippen molar-refractivity contribution in [2.45, 2.75) is 0 Å². The second-order valence-electron chi connectivity index (χ2n) is 5.09. The van der Waals surface area contributed by atoms with Crippen molar-refractivity contribution in [1.29, 1.82) is 0 Å². The minimum Gasteiger partial charge on any atom is -0.477 e. The SMILES string of the molecule is O=C(O)c1cn2c(-c3ccccc3)c(-c3ccccc3)nc2s1. The number of thiazole rings is 1. The van der Waals surface area contributed by atoms with Gasteiger partial charge < -0.3 is 5.11 Å². The molecular weight excluding hydrogens is 308 g/mol. The number of aromatic carboxylic acids is 1. The maximum atomic E-state index is 11.2. The third-order valence-electron chi connectivity index (χ3n) is 3.63. The maximum Gasteiger partial charge on any atom is 0.347 e. The number of carbonyl (C=O) groups is 1. The Balaban J connectivity index is 2.03. The van der Waals surface area contributed by atoms with Crippen LogP contribution in [-0.2, 0) is 0 Å². The normalized spacial score (nSPS) is 11.0. The summed E-state index contributed by atoms with van der Waals surface area (Å²) in [6, 6.07) is 19.8. The van der Waals surface area contributed by atoms with E-state index in [9.17, 15) is 9.90 Å². The van der Waals surface area contributed by atoms with Gasteiger partial charge in [-0.2, -0.15) is 0 Å². The first kappa shape index (κ1) is 13.7. The van der Waals surface area contributed by atoms with Crippen LogP contribution in [0, 0.1) is 0 Å². The molecule has 0 aliphatic carbocycles. The van der Waals surface area contributed by atoms with Crippen LogP contribution < -0.4 is 0 Å². The van der Waals surface area contributed by atoms with Crippen molar-refractivity contribution in [1.82, 2.24) is 9.38 Å². The third kappa shape index (κ3) is 2.31. The van der Waals surface area contributed by atoms with Crippen LogP contribution in [0.25, 0.3) is 27.5 Å². The highest BCUT2D eigenvalue weighted by Crippen LogP contribution is 2.35. The number of hydrogen-bond acceptors (Lipinski definition) is 3. The molecule has 0 fully saturated rings. The fourth-order valence-electron chi connectivity index (χ4n) is 2.61. The highest BCUT2D eigenvalue weighted by molar-refractivity contribution is 7.18. The number of rotatable bonds is 3. The van der Waals surface area contributed by atoms with Crippen LogP contribution >= 0.6 is 11.3 Å². The molecule has 2 aromatic carbocycles. The molecule has 0 saturated carbocycles. The highest BCUT2D eigenvalue weighted by atomic mass is 32.1. The van der Waals surface area contributed by atoms with Crippen LogP contribution in [0.1, 0.15) is 9.67 Å². The van der Waals surface area contributed by atoms with E-state index in [1.807, 2.05) is 65.1 Å². The highest BCUT2D eigenvalue weighted by Gasteiger charge is 2.19. The van der Waals surface area contributed by atoms with Gasteiger partial charge in [0.15, 0.2) is 4.96 Å². The van der Waals surface area contributed by atoms with Crippen molar-refractivity contribution in [3.8, 4) is 22.5 Å². The van der Waals surface area contributed by atoms with Gasteiger partial charge in [-0.25, -0.2) is 9.78 Å². The lowest BCUT2D eigenvalue weighted by Crippen LogP contribution is -1.92. The number of carboxylic acids is 1. The van der Waals surface area contributed by atoms with Gasteiger partial charge in [-0.15, -0.1) is 0 Å². The van der Waals surface area contributed by atoms with Gasteiger partial charge >= 0.3 is 5.97 Å². The number of fused-ring (bicyclic) bond motifs is 1. The Kier molecular flexibility index (Phi) is 3.20. The Morgan fingerprint density at radius 3 is 2.17 bits per heavy atom. The second kappa shape index (κ2) is 5.37. The standard InChI is InChI=1S/C18H12N2O2S/c21-17(22)14-11-20-16(13-9-5-2-6-10-13)15(19-18(20)23-14)12-7-3-1-4-8-12/h1-11H,(H,21,22). The predicted molar refractivity (Wildman–Crippen MR) is 90.9 cm³/mol. The quantitative estimate of drug-likeness (QED) is 0.607. The molecule has 5 heteroatoms. The summed E-state index contributed by atoms with van der Waals surface area (Å²) in [5.74, 6) is -0.930. The summed E-state index contributed by atoms with van der Waals surface area (Å²) < 4.78 is 1.87. The van der Waals surface area contributed by atoms with E-state index in [4.69, 9.17) is 0 Å². The summed E-state index contributed by atoms with van der Waals surface area (Å²) in [5.41, 5.74) is 3.79. The first-order chi connectivity index (χ1) is 11.2. The zero-order valence-corrected chi connectivity index (χ0v) is 12.8. The van der Waals surface area contributed by atoms with Gasteiger partial charge in [0, 0.05) is 17.3 Å². The van der Waals surface area contributed by atoms with Crippen LogP contribution in [0.5, 0.6) is 0 Å². The van der Waals surface area contributed by atoms with Crippen LogP contribution in [0.2, 0.25) is 0 Å². The van der Waals surface area contributed by atoms with Crippen molar-refractivity contribution in [2.75, 3.05) is 0 Å². The molecule has 4 rings (SSSR count). The van der Waals surface area contributed by atoms with Gasteiger partial charge in [0.1, 0.15) is 4.88 Å². The van der Waals surface area contributed by atoms with E-state index < -0.39 is 5.97 Å². The smallest absolute Gasteiger partial charge is 0.347 e. The van der Waals surface area contributed by atoms with Crippen molar-refractivity contribution in [3.05, 3.63) is 71.7 Å². The Morgan fingerprint density at radius 1 is 0.957 bits per heavy atom. The summed E-state index contributed by atoms with van der Waals surface area (Å²) in [6.45, 7) is 0. The molecule has 2 heterocycles.